The van der Waals surface area contributed by atoms with Crippen molar-refractivity contribution in [1.29, 1.82) is 0 Å². The van der Waals surface area contributed by atoms with Crippen LogP contribution >= 0.6 is 0 Å². The van der Waals surface area contributed by atoms with Gasteiger partial charge in [-0.15, -0.1) is 0 Å². The van der Waals surface area contributed by atoms with Crippen molar-refractivity contribution in [2.45, 2.75) is 38.8 Å². The van der Waals surface area contributed by atoms with Crippen LogP contribution in [0.5, 0.6) is 0 Å². The Hall–Kier alpha value is -0.830. The Kier molecular flexibility index (Phi) is 2.64. The van der Waals surface area contributed by atoms with Crippen LogP contribution in [-0.4, -0.2) is 22.1 Å². The smallest absolute Gasteiger partial charge is 0.0949 e. The number of nitrogens with zero attached hydrogens (tertiary/aromatic N) is 2. The Balaban J connectivity index is 1.78. The predicted molar refractivity (Wildman–Crippen MR) is 52.6 cm³/mol. The van der Waals surface area contributed by atoms with E-state index in [0.717, 1.165) is 18.3 Å². The molecule has 0 amide bonds. The first-order valence-corrected chi connectivity index (χ1v) is 5.06. The molecule has 1 saturated heterocycles. The maximum Gasteiger partial charge on any atom is 0.0949 e. The molecular weight excluding hydrogens is 162 g/mol. The van der Waals surface area contributed by atoms with Gasteiger partial charge < -0.3 is 9.88 Å². The lowest BCUT2D eigenvalue weighted by atomic mass is 10.1. The van der Waals surface area contributed by atoms with Gasteiger partial charge in [-0.05, 0) is 32.7 Å². The van der Waals surface area contributed by atoms with Crippen molar-refractivity contribution in [3.05, 3.63) is 18.2 Å². The molecule has 3 heteroatoms. The highest BCUT2D eigenvalue weighted by atomic mass is 15.0. The quantitative estimate of drug-likeness (QED) is 0.758. The summed E-state index contributed by atoms with van der Waals surface area (Å²) in [5.74, 6) is 0. The number of hydrogen-bond donors (Lipinski definition) is 1. The van der Waals surface area contributed by atoms with E-state index in [0.29, 0.717) is 0 Å². The van der Waals surface area contributed by atoms with Gasteiger partial charge in [0.05, 0.1) is 12.0 Å². The Morgan fingerprint density at radius 3 is 3.23 bits per heavy atom. The molecule has 0 aliphatic carbocycles. The highest BCUT2D eigenvalue weighted by Crippen LogP contribution is 2.09. The van der Waals surface area contributed by atoms with E-state index in [1.54, 1.807) is 0 Å². The van der Waals surface area contributed by atoms with Gasteiger partial charge in [0.1, 0.15) is 0 Å². The SMILES string of the molecule is Cc1cn(CC[C@@H]2CCCN2)cn1. The molecule has 1 fully saturated rings. The summed E-state index contributed by atoms with van der Waals surface area (Å²) in [6, 6.07) is 0.739. The summed E-state index contributed by atoms with van der Waals surface area (Å²) in [5.41, 5.74) is 1.11. The van der Waals surface area contributed by atoms with E-state index in [9.17, 15) is 0 Å². The standard InChI is InChI=1S/C10H17N3/c1-9-7-13(8-12-9)6-4-10-3-2-5-11-10/h7-8,10-11H,2-6H2,1H3/t10-/m0/s1. The fraction of sp³-hybridized carbons (Fsp3) is 0.700. The van der Waals surface area contributed by atoms with Crippen LogP contribution in [0.25, 0.3) is 0 Å². The van der Waals surface area contributed by atoms with Crippen molar-refractivity contribution >= 4 is 0 Å². The van der Waals surface area contributed by atoms with Crippen molar-refractivity contribution < 1.29 is 0 Å². The topological polar surface area (TPSA) is 29.9 Å². The maximum absolute atomic E-state index is 4.20. The molecule has 2 rings (SSSR count). The second-order valence-corrected chi connectivity index (χ2v) is 3.83. The molecule has 0 saturated carbocycles. The van der Waals surface area contributed by atoms with E-state index in [1.165, 1.54) is 25.8 Å². The van der Waals surface area contributed by atoms with Gasteiger partial charge in [-0.1, -0.05) is 0 Å². The summed E-state index contributed by atoms with van der Waals surface area (Å²) in [5, 5.41) is 3.50. The molecule has 1 N–H and O–H groups in total. The summed E-state index contributed by atoms with van der Waals surface area (Å²) in [7, 11) is 0. The molecule has 1 aromatic heterocycles. The molecule has 1 aliphatic heterocycles. The third-order valence-electron chi connectivity index (χ3n) is 2.66. The molecule has 3 nitrogen and oxygen atoms in total. The lowest BCUT2D eigenvalue weighted by Gasteiger charge is -2.09. The summed E-state index contributed by atoms with van der Waals surface area (Å²) in [6.45, 7) is 4.33. The molecule has 0 aromatic carbocycles. The van der Waals surface area contributed by atoms with Gasteiger partial charge in [0.25, 0.3) is 0 Å². The van der Waals surface area contributed by atoms with E-state index in [-0.39, 0.29) is 0 Å². The second-order valence-electron chi connectivity index (χ2n) is 3.83. The summed E-state index contributed by atoms with van der Waals surface area (Å²) < 4.78 is 2.18. The van der Waals surface area contributed by atoms with Crippen molar-refractivity contribution in [3.8, 4) is 0 Å². The molecule has 0 bridgehead atoms. The summed E-state index contributed by atoms with van der Waals surface area (Å²) in [4.78, 5) is 4.20. The lowest BCUT2D eigenvalue weighted by molar-refractivity contribution is 0.505. The van der Waals surface area contributed by atoms with Gasteiger partial charge in [0, 0.05) is 18.8 Å². The zero-order valence-electron chi connectivity index (χ0n) is 8.16. The Labute approximate surface area is 79.2 Å². The molecule has 72 valence electrons. The second kappa shape index (κ2) is 3.92. The van der Waals surface area contributed by atoms with E-state index in [4.69, 9.17) is 0 Å². The fourth-order valence-electron chi connectivity index (χ4n) is 1.90. The predicted octanol–water partition coefficient (Wildman–Crippen LogP) is 1.33. The zero-order chi connectivity index (χ0) is 9.10. The van der Waals surface area contributed by atoms with E-state index in [1.807, 2.05) is 13.3 Å². The molecule has 0 radical (unpaired) electrons. The van der Waals surface area contributed by atoms with Crippen LogP contribution in [0.3, 0.4) is 0 Å². The van der Waals surface area contributed by atoms with Crippen LogP contribution in [0.4, 0.5) is 0 Å². The lowest BCUT2D eigenvalue weighted by Crippen LogP contribution is -2.22. The van der Waals surface area contributed by atoms with Gasteiger partial charge in [0.15, 0.2) is 0 Å². The molecule has 1 aromatic rings. The van der Waals surface area contributed by atoms with Gasteiger partial charge in [-0.2, -0.15) is 0 Å². The highest BCUT2D eigenvalue weighted by Gasteiger charge is 2.13. The first-order chi connectivity index (χ1) is 6.34. The number of rotatable bonds is 3. The van der Waals surface area contributed by atoms with Gasteiger partial charge in [-0.25, -0.2) is 4.98 Å². The van der Waals surface area contributed by atoms with Gasteiger partial charge in [0.2, 0.25) is 0 Å². The highest BCUT2D eigenvalue weighted by molar-refractivity contribution is 4.92. The normalized spacial score (nSPS) is 22.4. The summed E-state index contributed by atoms with van der Waals surface area (Å²) >= 11 is 0. The van der Waals surface area contributed by atoms with E-state index >= 15 is 0 Å². The minimum Gasteiger partial charge on any atom is -0.337 e. The molecular formula is C10H17N3. The summed E-state index contributed by atoms with van der Waals surface area (Å²) in [6.07, 6.45) is 7.94. The molecule has 2 heterocycles. The first kappa shape index (κ1) is 8.75. The van der Waals surface area contributed by atoms with Crippen molar-refractivity contribution in [2.24, 2.45) is 0 Å². The van der Waals surface area contributed by atoms with Crippen LogP contribution in [0.2, 0.25) is 0 Å². The largest absolute Gasteiger partial charge is 0.337 e. The van der Waals surface area contributed by atoms with Crippen LogP contribution in [-0.2, 0) is 6.54 Å². The van der Waals surface area contributed by atoms with Crippen LogP contribution in [0, 0.1) is 6.92 Å². The Morgan fingerprint density at radius 1 is 1.69 bits per heavy atom. The molecule has 13 heavy (non-hydrogen) atoms. The van der Waals surface area contributed by atoms with Gasteiger partial charge in [-0.3, -0.25) is 0 Å². The maximum atomic E-state index is 4.20. The number of aryl methyl sites for hydroxylation is 2. The minimum atomic E-state index is 0.739. The number of imidazole rings is 1. The molecule has 1 aliphatic rings. The molecule has 1 atom stereocenters. The third kappa shape index (κ3) is 2.31. The fourth-order valence-corrected chi connectivity index (χ4v) is 1.90. The first-order valence-electron chi connectivity index (χ1n) is 5.06. The number of hydrogen-bond acceptors (Lipinski definition) is 2. The average Bonchev–Trinajstić information content (AvgIpc) is 2.71. The van der Waals surface area contributed by atoms with Crippen molar-refractivity contribution in [3.63, 3.8) is 0 Å². The Morgan fingerprint density at radius 2 is 2.62 bits per heavy atom. The van der Waals surface area contributed by atoms with Gasteiger partial charge >= 0.3 is 0 Å². The van der Waals surface area contributed by atoms with Crippen molar-refractivity contribution in [1.82, 2.24) is 14.9 Å². The van der Waals surface area contributed by atoms with E-state index < -0.39 is 0 Å². The third-order valence-corrected chi connectivity index (χ3v) is 2.66. The van der Waals surface area contributed by atoms with Crippen molar-refractivity contribution in [2.75, 3.05) is 6.54 Å². The van der Waals surface area contributed by atoms with Crippen LogP contribution < -0.4 is 5.32 Å². The Bertz CT molecular complexity index is 261. The number of nitrogens with one attached hydrogen (secondary N) is 1. The van der Waals surface area contributed by atoms with Crippen LogP contribution in [0.15, 0.2) is 12.5 Å². The van der Waals surface area contributed by atoms with Crippen LogP contribution in [0.1, 0.15) is 25.0 Å². The monoisotopic (exact) mass is 179 g/mol. The minimum absolute atomic E-state index is 0.739. The average molecular weight is 179 g/mol. The molecule has 0 spiro atoms. The zero-order valence-corrected chi connectivity index (χ0v) is 8.16. The number of aromatic nitrogens is 2. The molecule has 0 unspecified atom stereocenters. The van der Waals surface area contributed by atoms with E-state index in [2.05, 4.69) is 21.1 Å².